The number of nitrogens with one attached hydrogen (secondary N) is 1. The molecule has 1 aliphatic rings. The lowest BCUT2D eigenvalue weighted by atomic mass is 10.1. The number of aryl methyl sites for hydroxylation is 1. The van der Waals surface area contributed by atoms with E-state index in [1.165, 1.54) is 11.0 Å². The molecule has 0 radical (unpaired) electrons. The zero-order valence-electron chi connectivity index (χ0n) is 20.8. The first kappa shape index (κ1) is 26.3. The molecule has 0 aliphatic carbocycles. The summed E-state index contributed by atoms with van der Waals surface area (Å²) in [5, 5.41) is 2.87. The second-order valence-electron chi connectivity index (χ2n) is 8.90. The van der Waals surface area contributed by atoms with Crippen LogP contribution in [-0.2, 0) is 26.2 Å². The molecule has 1 atom stereocenters. The summed E-state index contributed by atoms with van der Waals surface area (Å²) in [5.41, 5.74) is 2.19. The minimum atomic E-state index is -3.83. The van der Waals surface area contributed by atoms with E-state index in [0.29, 0.717) is 17.9 Å². The van der Waals surface area contributed by atoms with Crippen molar-refractivity contribution in [3.63, 3.8) is 0 Å². The third kappa shape index (κ3) is 6.66. The summed E-state index contributed by atoms with van der Waals surface area (Å²) in [6, 6.07) is 11.5. The minimum absolute atomic E-state index is 0.0457. The van der Waals surface area contributed by atoms with E-state index in [1.54, 1.807) is 12.1 Å². The highest BCUT2D eigenvalue weighted by molar-refractivity contribution is 7.92. The van der Waals surface area contributed by atoms with Gasteiger partial charge < -0.3 is 19.7 Å². The Morgan fingerprint density at radius 1 is 1.06 bits per heavy atom. The lowest BCUT2D eigenvalue weighted by Gasteiger charge is -2.33. The highest BCUT2D eigenvalue weighted by Gasteiger charge is 2.32. The van der Waals surface area contributed by atoms with Crippen molar-refractivity contribution in [2.45, 2.75) is 52.7 Å². The zero-order valence-corrected chi connectivity index (χ0v) is 21.6. The smallest absolute Gasteiger partial charge is 0.244 e. The van der Waals surface area contributed by atoms with Crippen LogP contribution in [0.3, 0.4) is 0 Å². The van der Waals surface area contributed by atoms with E-state index < -0.39 is 28.5 Å². The molecule has 0 saturated carbocycles. The molecule has 190 valence electrons. The molecule has 1 aliphatic heterocycles. The van der Waals surface area contributed by atoms with Crippen LogP contribution in [0, 0.1) is 6.92 Å². The number of carbonyl (C=O) groups is 2. The summed E-state index contributed by atoms with van der Waals surface area (Å²) < 4.78 is 37.1. The fourth-order valence-corrected chi connectivity index (χ4v) is 4.69. The maximum atomic E-state index is 13.7. The minimum Gasteiger partial charge on any atom is -0.454 e. The number of hydrogen-bond donors (Lipinski definition) is 1. The van der Waals surface area contributed by atoms with Gasteiger partial charge in [0.05, 0.1) is 11.9 Å². The van der Waals surface area contributed by atoms with Crippen LogP contribution in [0.2, 0.25) is 0 Å². The summed E-state index contributed by atoms with van der Waals surface area (Å²) in [6.45, 7) is 7.24. The Morgan fingerprint density at radius 2 is 1.71 bits per heavy atom. The van der Waals surface area contributed by atoms with Crippen molar-refractivity contribution >= 4 is 27.5 Å². The number of anilines is 1. The van der Waals surface area contributed by atoms with E-state index in [4.69, 9.17) is 9.47 Å². The quantitative estimate of drug-likeness (QED) is 0.535. The van der Waals surface area contributed by atoms with Gasteiger partial charge in [0, 0.05) is 18.7 Å². The van der Waals surface area contributed by atoms with Gasteiger partial charge in [-0.25, -0.2) is 8.42 Å². The molecule has 3 rings (SSSR count). The second-order valence-corrected chi connectivity index (χ2v) is 10.8. The average Bonchev–Trinajstić information content (AvgIpc) is 3.25. The number of sulfonamides is 1. The molecule has 1 heterocycles. The van der Waals surface area contributed by atoms with Crippen molar-refractivity contribution < 1.29 is 27.5 Å². The molecule has 0 fully saturated rings. The van der Waals surface area contributed by atoms with Crippen molar-refractivity contribution in [1.82, 2.24) is 10.2 Å². The maximum absolute atomic E-state index is 13.7. The number of rotatable bonds is 10. The number of fused-ring (bicyclic) bond motifs is 1. The molecule has 2 aromatic carbocycles. The van der Waals surface area contributed by atoms with Crippen molar-refractivity contribution in [3.8, 4) is 11.5 Å². The van der Waals surface area contributed by atoms with Crippen LogP contribution in [-0.4, -0.2) is 56.8 Å². The molecule has 0 saturated heterocycles. The van der Waals surface area contributed by atoms with Gasteiger partial charge >= 0.3 is 0 Å². The fourth-order valence-electron chi connectivity index (χ4n) is 3.84. The Hall–Kier alpha value is -3.27. The molecule has 0 spiro atoms. The van der Waals surface area contributed by atoms with Gasteiger partial charge in [0.1, 0.15) is 12.6 Å². The van der Waals surface area contributed by atoms with E-state index in [0.717, 1.165) is 21.7 Å². The van der Waals surface area contributed by atoms with Crippen LogP contribution in [0.25, 0.3) is 0 Å². The Bertz CT molecular complexity index is 1160. The van der Waals surface area contributed by atoms with E-state index in [2.05, 4.69) is 5.32 Å². The zero-order chi connectivity index (χ0) is 25.8. The first-order chi connectivity index (χ1) is 16.5. The Balaban J connectivity index is 1.94. The molecular weight excluding hydrogens is 470 g/mol. The highest BCUT2D eigenvalue weighted by Crippen LogP contribution is 2.36. The average molecular weight is 504 g/mol. The second kappa shape index (κ2) is 11.0. The first-order valence-corrected chi connectivity index (χ1v) is 13.4. The SMILES string of the molecule is CC[C@H](C(=O)NC(C)C)N(Cc1ccc(C)cc1)C(=O)CN(c1ccc2c(c1)OCO2)S(C)(=O)=O. The molecule has 9 nitrogen and oxygen atoms in total. The summed E-state index contributed by atoms with van der Waals surface area (Å²) in [4.78, 5) is 28.1. The van der Waals surface area contributed by atoms with Crippen LogP contribution in [0.5, 0.6) is 11.5 Å². The van der Waals surface area contributed by atoms with Gasteiger partial charge in [-0.3, -0.25) is 13.9 Å². The topological polar surface area (TPSA) is 105 Å². The monoisotopic (exact) mass is 503 g/mol. The van der Waals surface area contributed by atoms with Gasteiger partial charge in [-0.15, -0.1) is 0 Å². The van der Waals surface area contributed by atoms with Gasteiger partial charge in [0.25, 0.3) is 0 Å². The first-order valence-electron chi connectivity index (χ1n) is 11.5. The third-order valence-electron chi connectivity index (χ3n) is 5.61. The number of amides is 2. The highest BCUT2D eigenvalue weighted by atomic mass is 32.2. The Labute approximate surface area is 207 Å². The molecule has 0 bridgehead atoms. The summed E-state index contributed by atoms with van der Waals surface area (Å²) in [6.07, 6.45) is 1.41. The standard InChI is InChI=1S/C25H33N3O6S/c1-6-21(25(30)26-17(2)3)27(14-19-9-7-18(4)8-10-19)24(29)15-28(35(5,31)32)20-11-12-22-23(13-20)34-16-33-22/h7-13,17,21H,6,14-16H2,1-5H3,(H,26,30)/t21-/m1/s1. The summed E-state index contributed by atoms with van der Waals surface area (Å²) in [7, 11) is -3.83. The van der Waals surface area contributed by atoms with Crippen LogP contribution >= 0.6 is 0 Å². The van der Waals surface area contributed by atoms with Crippen LogP contribution in [0.4, 0.5) is 5.69 Å². The number of ether oxygens (including phenoxy) is 2. The van der Waals surface area contributed by atoms with Crippen molar-refractivity contribution in [1.29, 1.82) is 0 Å². The van der Waals surface area contributed by atoms with Gasteiger partial charge in [-0.2, -0.15) is 0 Å². The molecular formula is C25H33N3O6S. The molecule has 10 heteroatoms. The van der Waals surface area contributed by atoms with Crippen LogP contribution < -0.4 is 19.1 Å². The number of hydrogen-bond acceptors (Lipinski definition) is 6. The number of carbonyl (C=O) groups excluding carboxylic acids is 2. The van der Waals surface area contributed by atoms with E-state index in [1.807, 2.05) is 52.0 Å². The van der Waals surface area contributed by atoms with Gasteiger partial charge in [0.15, 0.2) is 11.5 Å². The summed E-state index contributed by atoms with van der Waals surface area (Å²) in [5.74, 6) is 0.144. The van der Waals surface area contributed by atoms with Gasteiger partial charge in [-0.05, 0) is 44.9 Å². The molecule has 35 heavy (non-hydrogen) atoms. The van der Waals surface area contributed by atoms with Crippen molar-refractivity contribution in [2.75, 3.05) is 23.9 Å². The summed E-state index contributed by atoms with van der Waals surface area (Å²) >= 11 is 0. The fraction of sp³-hybridized carbons (Fsp3) is 0.440. The molecule has 2 aromatic rings. The van der Waals surface area contributed by atoms with Crippen LogP contribution in [0.1, 0.15) is 38.3 Å². The predicted molar refractivity (Wildman–Crippen MR) is 134 cm³/mol. The van der Waals surface area contributed by atoms with Crippen molar-refractivity contribution in [3.05, 3.63) is 53.6 Å². The lowest BCUT2D eigenvalue weighted by molar-refractivity contribution is -0.140. The molecule has 0 unspecified atom stereocenters. The predicted octanol–water partition coefficient (Wildman–Crippen LogP) is 2.82. The Morgan fingerprint density at radius 3 is 2.31 bits per heavy atom. The third-order valence-corrected chi connectivity index (χ3v) is 6.75. The lowest BCUT2D eigenvalue weighted by Crippen LogP contribution is -2.53. The molecule has 1 N–H and O–H groups in total. The normalized spacial score (nSPS) is 13.4. The largest absolute Gasteiger partial charge is 0.454 e. The van der Waals surface area contributed by atoms with Crippen LogP contribution in [0.15, 0.2) is 42.5 Å². The van der Waals surface area contributed by atoms with E-state index in [9.17, 15) is 18.0 Å². The van der Waals surface area contributed by atoms with E-state index in [-0.39, 0.29) is 31.0 Å². The number of nitrogens with zero attached hydrogens (tertiary/aromatic N) is 2. The maximum Gasteiger partial charge on any atom is 0.244 e. The number of benzene rings is 2. The van der Waals surface area contributed by atoms with E-state index >= 15 is 0 Å². The Kier molecular flexibility index (Phi) is 8.26. The van der Waals surface area contributed by atoms with Gasteiger partial charge in [0.2, 0.25) is 28.6 Å². The molecule has 2 amide bonds. The van der Waals surface area contributed by atoms with Crippen molar-refractivity contribution in [2.24, 2.45) is 0 Å². The molecule has 0 aromatic heterocycles. The van der Waals surface area contributed by atoms with Gasteiger partial charge in [-0.1, -0.05) is 36.8 Å².